The highest BCUT2D eigenvalue weighted by Gasteiger charge is 2.27. The van der Waals surface area contributed by atoms with Crippen LogP contribution in [0.15, 0.2) is 12.1 Å². The van der Waals surface area contributed by atoms with Crippen molar-refractivity contribution < 1.29 is 23.9 Å². The number of carbonyl (C=O) groups excluding carboxylic acids is 3. The van der Waals surface area contributed by atoms with E-state index < -0.39 is 11.9 Å². The molecule has 0 radical (unpaired) electrons. The molecule has 1 aromatic carbocycles. The third-order valence-corrected chi connectivity index (χ3v) is 3.05. The molecule has 0 saturated carbocycles. The lowest BCUT2D eigenvalue weighted by Crippen LogP contribution is -2.18. The van der Waals surface area contributed by atoms with E-state index in [-0.39, 0.29) is 17.1 Å². The number of rotatable bonds is 2. The van der Waals surface area contributed by atoms with Crippen LogP contribution in [-0.2, 0) is 16.0 Å². The number of hydrogen-bond acceptors (Lipinski definition) is 5. The second kappa shape index (κ2) is 5.22. The van der Waals surface area contributed by atoms with E-state index in [0.717, 1.165) is 0 Å². The summed E-state index contributed by atoms with van der Waals surface area (Å²) in [6, 6.07) is 3.07. The summed E-state index contributed by atoms with van der Waals surface area (Å²) < 4.78 is 9.74. The zero-order valence-electron chi connectivity index (χ0n) is 10.8. The maximum absolute atomic E-state index is 11.9. The minimum atomic E-state index is -0.595. The van der Waals surface area contributed by atoms with Crippen LogP contribution in [0.5, 0.6) is 5.75 Å². The van der Waals surface area contributed by atoms with Crippen LogP contribution in [-0.4, -0.2) is 24.8 Å². The van der Waals surface area contributed by atoms with Crippen molar-refractivity contribution in [2.24, 2.45) is 0 Å². The van der Waals surface area contributed by atoms with E-state index >= 15 is 0 Å². The summed E-state index contributed by atoms with van der Waals surface area (Å²) in [5, 5.41) is 0. The summed E-state index contributed by atoms with van der Waals surface area (Å²) in [5.41, 5.74) is 1.31. The van der Waals surface area contributed by atoms with Gasteiger partial charge in [0.15, 0.2) is 5.78 Å². The fourth-order valence-electron chi connectivity index (χ4n) is 2.27. The van der Waals surface area contributed by atoms with Crippen LogP contribution in [0.3, 0.4) is 0 Å². The molecule has 0 heterocycles. The summed E-state index contributed by atoms with van der Waals surface area (Å²) in [7, 11) is 1.25. The normalized spacial score (nSPS) is 13.7. The Morgan fingerprint density at radius 3 is 2.58 bits per heavy atom. The SMILES string of the molecule is COC(=O)c1c(OC(C)=O)ccc2c1CCCC2=O. The molecule has 5 nitrogen and oxygen atoms in total. The number of fused-ring (bicyclic) bond motifs is 1. The van der Waals surface area contributed by atoms with Crippen molar-refractivity contribution in [3.8, 4) is 5.75 Å². The molecular formula is C14H14O5. The van der Waals surface area contributed by atoms with Crippen LogP contribution >= 0.6 is 0 Å². The first-order valence-electron chi connectivity index (χ1n) is 6.00. The fraction of sp³-hybridized carbons (Fsp3) is 0.357. The van der Waals surface area contributed by atoms with Crippen LogP contribution in [0.1, 0.15) is 46.0 Å². The Kier molecular flexibility index (Phi) is 3.64. The number of benzene rings is 1. The highest BCUT2D eigenvalue weighted by Crippen LogP contribution is 2.31. The quantitative estimate of drug-likeness (QED) is 0.601. The van der Waals surface area contributed by atoms with Crippen LogP contribution in [0.2, 0.25) is 0 Å². The molecule has 0 atom stereocenters. The second-order valence-corrected chi connectivity index (χ2v) is 4.33. The molecule has 0 bridgehead atoms. The van der Waals surface area contributed by atoms with Gasteiger partial charge in [0.05, 0.1) is 7.11 Å². The van der Waals surface area contributed by atoms with E-state index in [4.69, 9.17) is 9.47 Å². The molecule has 1 aromatic rings. The number of carbonyl (C=O) groups is 3. The molecule has 0 unspecified atom stereocenters. The summed E-state index contributed by atoms with van der Waals surface area (Å²) in [4.78, 5) is 34.8. The monoisotopic (exact) mass is 262 g/mol. The Morgan fingerprint density at radius 2 is 1.95 bits per heavy atom. The number of hydrogen-bond donors (Lipinski definition) is 0. The summed E-state index contributed by atoms with van der Waals surface area (Å²) in [6.07, 6.45) is 1.75. The molecule has 5 heteroatoms. The van der Waals surface area contributed by atoms with Gasteiger partial charge in [0.1, 0.15) is 11.3 Å². The van der Waals surface area contributed by atoms with Crippen LogP contribution in [0.4, 0.5) is 0 Å². The molecule has 2 rings (SSSR count). The van der Waals surface area contributed by atoms with Crippen molar-refractivity contribution in [3.05, 3.63) is 28.8 Å². The van der Waals surface area contributed by atoms with Crippen molar-refractivity contribution >= 4 is 17.7 Å². The van der Waals surface area contributed by atoms with E-state index in [2.05, 4.69) is 0 Å². The molecule has 19 heavy (non-hydrogen) atoms. The number of ketones is 1. The van der Waals surface area contributed by atoms with Crippen LogP contribution < -0.4 is 4.74 Å². The first kappa shape index (κ1) is 13.3. The predicted octanol–water partition coefficient (Wildman–Crippen LogP) is 1.92. The van der Waals surface area contributed by atoms with Crippen molar-refractivity contribution in [2.75, 3.05) is 7.11 Å². The van der Waals surface area contributed by atoms with E-state index in [1.165, 1.54) is 20.1 Å². The molecule has 0 spiro atoms. The molecule has 0 amide bonds. The first-order valence-corrected chi connectivity index (χ1v) is 6.00. The van der Waals surface area contributed by atoms with Crippen molar-refractivity contribution in [2.45, 2.75) is 26.2 Å². The molecule has 0 N–H and O–H groups in total. The van der Waals surface area contributed by atoms with Gasteiger partial charge in [0.2, 0.25) is 0 Å². The smallest absolute Gasteiger partial charge is 0.341 e. The van der Waals surface area contributed by atoms with Gasteiger partial charge in [-0.05, 0) is 30.5 Å². The number of esters is 2. The molecule has 1 aliphatic rings. The topological polar surface area (TPSA) is 69.7 Å². The Hall–Kier alpha value is -2.17. The van der Waals surface area contributed by atoms with Gasteiger partial charge < -0.3 is 9.47 Å². The van der Waals surface area contributed by atoms with Gasteiger partial charge in [-0.1, -0.05) is 0 Å². The lowest BCUT2D eigenvalue weighted by atomic mass is 9.87. The second-order valence-electron chi connectivity index (χ2n) is 4.33. The molecular weight excluding hydrogens is 248 g/mol. The molecule has 0 aliphatic heterocycles. The minimum absolute atomic E-state index is 0.000720. The van der Waals surface area contributed by atoms with E-state index in [1.807, 2.05) is 0 Å². The number of methoxy groups -OCH3 is 1. The maximum Gasteiger partial charge on any atom is 0.341 e. The van der Waals surface area contributed by atoms with Gasteiger partial charge in [0, 0.05) is 18.9 Å². The summed E-state index contributed by atoms with van der Waals surface area (Å²) >= 11 is 0. The Balaban J connectivity index is 2.61. The van der Waals surface area contributed by atoms with Crippen molar-refractivity contribution in [3.63, 3.8) is 0 Å². The largest absolute Gasteiger partial charge is 0.465 e. The van der Waals surface area contributed by atoms with Gasteiger partial charge in [-0.15, -0.1) is 0 Å². The van der Waals surface area contributed by atoms with Gasteiger partial charge >= 0.3 is 11.9 Å². The van der Waals surface area contributed by atoms with Gasteiger partial charge in [0.25, 0.3) is 0 Å². The Morgan fingerprint density at radius 1 is 1.21 bits per heavy atom. The van der Waals surface area contributed by atoms with Gasteiger partial charge in [-0.3, -0.25) is 9.59 Å². The zero-order valence-corrected chi connectivity index (χ0v) is 10.8. The summed E-state index contributed by atoms with van der Waals surface area (Å²) in [6.45, 7) is 1.26. The van der Waals surface area contributed by atoms with Crippen molar-refractivity contribution in [1.82, 2.24) is 0 Å². The fourth-order valence-corrected chi connectivity index (χ4v) is 2.27. The Labute approximate surface area is 110 Å². The minimum Gasteiger partial charge on any atom is -0.465 e. The zero-order chi connectivity index (χ0) is 14.0. The Bertz CT molecular complexity index is 559. The average molecular weight is 262 g/mol. The van der Waals surface area contributed by atoms with Gasteiger partial charge in [-0.25, -0.2) is 4.79 Å². The molecule has 0 saturated heterocycles. The van der Waals surface area contributed by atoms with Crippen LogP contribution in [0, 0.1) is 0 Å². The maximum atomic E-state index is 11.9. The summed E-state index contributed by atoms with van der Waals surface area (Å²) in [5.74, 6) is -0.969. The lowest BCUT2D eigenvalue weighted by Gasteiger charge is -2.19. The van der Waals surface area contributed by atoms with Gasteiger partial charge in [-0.2, -0.15) is 0 Å². The van der Waals surface area contributed by atoms with Crippen LogP contribution in [0.25, 0.3) is 0 Å². The third kappa shape index (κ3) is 2.50. The predicted molar refractivity (Wildman–Crippen MR) is 66.4 cm³/mol. The molecule has 0 aromatic heterocycles. The molecule has 1 aliphatic carbocycles. The van der Waals surface area contributed by atoms with E-state index in [0.29, 0.717) is 30.4 Å². The van der Waals surface area contributed by atoms with E-state index in [1.54, 1.807) is 6.07 Å². The highest BCUT2D eigenvalue weighted by molar-refractivity contribution is 6.04. The highest BCUT2D eigenvalue weighted by atomic mass is 16.5. The molecule has 100 valence electrons. The standard InChI is InChI=1S/C14H14O5/c1-8(15)19-12-7-6-9-10(4-3-5-11(9)16)13(12)14(17)18-2/h6-7H,3-5H2,1-2H3. The van der Waals surface area contributed by atoms with E-state index in [9.17, 15) is 14.4 Å². The third-order valence-electron chi connectivity index (χ3n) is 3.05. The molecule has 0 fully saturated rings. The first-order chi connectivity index (χ1) is 9.04. The number of Topliss-reactive ketones (excluding diaryl/α,β-unsaturated/α-hetero) is 1. The number of ether oxygens (including phenoxy) is 2. The lowest BCUT2D eigenvalue weighted by molar-refractivity contribution is -0.131. The average Bonchev–Trinajstić information content (AvgIpc) is 2.37. The van der Waals surface area contributed by atoms with Crippen molar-refractivity contribution in [1.29, 1.82) is 0 Å².